The molecule has 0 unspecified atom stereocenters. The van der Waals surface area contributed by atoms with Crippen molar-refractivity contribution in [2.75, 3.05) is 0 Å². The minimum atomic E-state index is -0.516. The molecule has 4 nitrogen and oxygen atoms in total. The molecule has 1 amide bonds. The number of carbonyl (C=O) groups excluding carboxylic acids is 1. The summed E-state index contributed by atoms with van der Waals surface area (Å²) in [7, 11) is 0. The molecule has 32 heavy (non-hydrogen) atoms. The number of hydrogen-bond acceptors (Lipinski definition) is 2. The number of halogens is 2. The number of hydrogen-bond donors (Lipinski definition) is 1. The van der Waals surface area contributed by atoms with Gasteiger partial charge in [0.2, 0.25) is 5.91 Å². The number of benzene rings is 3. The van der Waals surface area contributed by atoms with Crippen molar-refractivity contribution < 1.29 is 13.6 Å². The normalized spacial score (nSPS) is 12.2. The van der Waals surface area contributed by atoms with E-state index < -0.39 is 6.04 Å². The zero-order valence-electron chi connectivity index (χ0n) is 18.3. The Morgan fingerprint density at radius 3 is 2.12 bits per heavy atom. The Labute approximate surface area is 185 Å². The van der Waals surface area contributed by atoms with Gasteiger partial charge in [-0.05, 0) is 79.4 Å². The van der Waals surface area contributed by atoms with E-state index in [9.17, 15) is 13.6 Å². The molecule has 164 valence electrons. The second kappa shape index (κ2) is 8.91. The number of imidazole rings is 1. The smallest absolute Gasteiger partial charge is 0.243 e. The van der Waals surface area contributed by atoms with Gasteiger partial charge in [-0.25, -0.2) is 13.8 Å². The van der Waals surface area contributed by atoms with Crippen LogP contribution in [0.15, 0.2) is 60.7 Å². The minimum Gasteiger partial charge on any atom is -0.350 e. The van der Waals surface area contributed by atoms with Crippen LogP contribution < -0.4 is 5.32 Å². The number of aromatic nitrogens is 2. The molecule has 0 radical (unpaired) electrons. The summed E-state index contributed by atoms with van der Waals surface area (Å²) in [4.78, 5) is 17.9. The number of nitrogens with zero attached hydrogens (tertiary/aromatic N) is 2. The van der Waals surface area contributed by atoms with E-state index in [4.69, 9.17) is 4.98 Å². The van der Waals surface area contributed by atoms with Gasteiger partial charge in [-0.1, -0.05) is 24.3 Å². The Balaban J connectivity index is 1.66. The summed E-state index contributed by atoms with van der Waals surface area (Å²) in [5.41, 5.74) is 5.68. The summed E-state index contributed by atoms with van der Waals surface area (Å²) in [6.45, 7) is 6.21. The van der Waals surface area contributed by atoms with E-state index in [2.05, 4.69) is 11.4 Å². The fourth-order valence-corrected chi connectivity index (χ4v) is 3.80. The molecule has 0 aliphatic carbocycles. The highest BCUT2D eigenvalue weighted by Crippen LogP contribution is 2.26. The van der Waals surface area contributed by atoms with Crippen LogP contribution in [0.1, 0.15) is 41.0 Å². The van der Waals surface area contributed by atoms with Gasteiger partial charge >= 0.3 is 0 Å². The summed E-state index contributed by atoms with van der Waals surface area (Å²) >= 11 is 0. The van der Waals surface area contributed by atoms with Gasteiger partial charge in [0.05, 0.1) is 11.0 Å². The molecule has 1 atom stereocenters. The first-order chi connectivity index (χ1) is 15.3. The predicted octanol–water partition coefficient (Wildman–Crippen LogP) is 5.40. The van der Waals surface area contributed by atoms with Gasteiger partial charge in [-0.3, -0.25) is 4.79 Å². The Morgan fingerprint density at radius 1 is 0.938 bits per heavy atom. The maximum atomic E-state index is 13.3. The van der Waals surface area contributed by atoms with Gasteiger partial charge in [0.25, 0.3) is 0 Å². The summed E-state index contributed by atoms with van der Waals surface area (Å²) in [6.07, 6.45) is 0.475. The van der Waals surface area contributed by atoms with Crippen LogP contribution in [0.2, 0.25) is 0 Å². The van der Waals surface area contributed by atoms with Crippen LogP contribution in [-0.4, -0.2) is 15.5 Å². The monoisotopic (exact) mass is 433 g/mol. The largest absolute Gasteiger partial charge is 0.350 e. The first-order valence-corrected chi connectivity index (χ1v) is 10.6. The van der Waals surface area contributed by atoms with Crippen LogP contribution in [0.5, 0.6) is 0 Å². The molecule has 0 bridgehead atoms. The molecular formula is C26H25F2N3O. The molecule has 1 aromatic heterocycles. The Hall–Kier alpha value is -3.54. The molecule has 6 heteroatoms. The highest BCUT2D eigenvalue weighted by atomic mass is 19.1. The van der Waals surface area contributed by atoms with Crippen molar-refractivity contribution in [1.82, 2.24) is 14.9 Å². The number of carbonyl (C=O) groups is 1. The molecule has 0 aliphatic heterocycles. The van der Waals surface area contributed by atoms with Crippen molar-refractivity contribution >= 4 is 16.9 Å². The van der Waals surface area contributed by atoms with Crippen LogP contribution >= 0.6 is 0 Å². The van der Waals surface area contributed by atoms with E-state index in [1.807, 2.05) is 31.4 Å². The molecule has 0 spiro atoms. The Kier molecular flexibility index (Phi) is 6.04. The first kappa shape index (κ1) is 21.7. The fourth-order valence-electron chi connectivity index (χ4n) is 3.80. The van der Waals surface area contributed by atoms with Crippen LogP contribution in [-0.2, 0) is 17.8 Å². The van der Waals surface area contributed by atoms with Crippen LogP contribution in [0.3, 0.4) is 0 Å². The van der Waals surface area contributed by atoms with Crippen molar-refractivity contribution in [3.05, 3.63) is 100 Å². The first-order valence-electron chi connectivity index (χ1n) is 10.6. The van der Waals surface area contributed by atoms with Crippen LogP contribution in [0, 0.1) is 25.5 Å². The molecular weight excluding hydrogens is 408 g/mol. The molecule has 1 N–H and O–H groups in total. The molecule has 0 fully saturated rings. The van der Waals surface area contributed by atoms with Crippen molar-refractivity contribution in [3.8, 4) is 0 Å². The lowest BCUT2D eigenvalue weighted by Gasteiger charge is -2.18. The second-order valence-electron chi connectivity index (χ2n) is 8.15. The number of aryl methyl sites for hydroxylation is 2. The lowest BCUT2D eigenvalue weighted by molar-refractivity contribution is -0.124. The molecule has 3 aromatic carbocycles. The van der Waals surface area contributed by atoms with Crippen LogP contribution in [0.4, 0.5) is 8.78 Å². The Bertz CT molecular complexity index is 1260. The fraction of sp³-hybridized carbons (Fsp3) is 0.231. The second-order valence-corrected chi connectivity index (χ2v) is 8.15. The van der Waals surface area contributed by atoms with Gasteiger partial charge < -0.3 is 9.88 Å². The third kappa shape index (κ3) is 4.54. The number of amides is 1. The summed E-state index contributed by atoms with van der Waals surface area (Å²) in [5.74, 6) is -0.0234. The highest BCUT2D eigenvalue weighted by Gasteiger charge is 2.22. The lowest BCUT2D eigenvalue weighted by atomic mass is 10.1. The highest BCUT2D eigenvalue weighted by molar-refractivity contribution is 5.85. The van der Waals surface area contributed by atoms with E-state index in [0.717, 1.165) is 39.1 Å². The zero-order chi connectivity index (χ0) is 22.8. The van der Waals surface area contributed by atoms with Gasteiger partial charge in [0.15, 0.2) is 0 Å². The van der Waals surface area contributed by atoms with Crippen molar-refractivity contribution in [1.29, 1.82) is 0 Å². The third-order valence-electron chi connectivity index (χ3n) is 5.80. The third-order valence-corrected chi connectivity index (χ3v) is 5.80. The van der Waals surface area contributed by atoms with Gasteiger partial charge in [0.1, 0.15) is 23.5 Å². The maximum absolute atomic E-state index is 13.3. The van der Waals surface area contributed by atoms with Gasteiger partial charge in [-0.2, -0.15) is 0 Å². The van der Waals surface area contributed by atoms with Crippen molar-refractivity contribution in [3.63, 3.8) is 0 Å². The Morgan fingerprint density at radius 2 is 1.50 bits per heavy atom. The molecule has 0 saturated carbocycles. The molecule has 0 saturated heterocycles. The molecule has 4 rings (SSSR count). The van der Waals surface area contributed by atoms with E-state index in [-0.39, 0.29) is 17.5 Å². The molecule has 4 aromatic rings. The number of rotatable bonds is 6. The van der Waals surface area contributed by atoms with E-state index in [1.54, 1.807) is 24.3 Å². The number of nitrogens with one attached hydrogen (secondary N) is 1. The lowest BCUT2D eigenvalue weighted by Crippen LogP contribution is -2.31. The molecule has 1 heterocycles. The average Bonchev–Trinajstić information content (AvgIpc) is 3.11. The van der Waals surface area contributed by atoms with Crippen molar-refractivity contribution in [2.24, 2.45) is 0 Å². The summed E-state index contributed by atoms with van der Waals surface area (Å²) < 4.78 is 28.4. The van der Waals surface area contributed by atoms with Gasteiger partial charge in [-0.15, -0.1) is 0 Å². The topological polar surface area (TPSA) is 46.9 Å². The zero-order valence-corrected chi connectivity index (χ0v) is 18.3. The summed E-state index contributed by atoms with van der Waals surface area (Å²) in [6, 6.07) is 15.9. The van der Waals surface area contributed by atoms with Crippen LogP contribution in [0.25, 0.3) is 11.0 Å². The van der Waals surface area contributed by atoms with Crippen molar-refractivity contribution in [2.45, 2.75) is 39.8 Å². The standard InChI is InChI=1S/C26H25F2N3O/c1-16-12-23-24(13-17(16)2)31(25(30-23)14-19-4-8-21(27)9-5-19)18(3)26(32)29-15-20-6-10-22(28)11-7-20/h4-13,18H,14-15H2,1-3H3,(H,29,32)/t18-/m0/s1. The quantitative estimate of drug-likeness (QED) is 0.443. The van der Waals surface area contributed by atoms with E-state index in [1.165, 1.54) is 24.3 Å². The van der Waals surface area contributed by atoms with Gasteiger partial charge in [0, 0.05) is 13.0 Å². The average molecular weight is 434 g/mol. The predicted molar refractivity (Wildman–Crippen MR) is 121 cm³/mol. The number of fused-ring (bicyclic) bond motifs is 1. The minimum absolute atomic E-state index is 0.160. The van der Waals surface area contributed by atoms with E-state index in [0.29, 0.717) is 13.0 Å². The van der Waals surface area contributed by atoms with E-state index >= 15 is 0 Å². The molecule has 0 aliphatic rings. The summed E-state index contributed by atoms with van der Waals surface area (Å²) in [5, 5.41) is 2.94. The maximum Gasteiger partial charge on any atom is 0.243 e. The SMILES string of the molecule is Cc1cc2nc(Cc3ccc(F)cc3)n([C@@H](C)C(=O)NCc3ccc(F)cc3)c2cc1C.